The molecular formula is C23H29NO4S. The van der Waals surface area contributed by atoms with Crippen molar-refractivity contribution in [2.75, 3.05) is 17.3 Å². The molecule has 4 bridgehead atoms. The fraction of sp³-hybridized carbons (Fsp3) is 0.609. The Morgan fingerprint density at radius 1 is 1.07 bits per heavy atom. The van der Waals surface area contributed by atoms with Gasteiger partial charge in [-0.15, -0.1) is 0 Å². The largest absolute Gasteiger partial charge is 0.494 e. The molecule has 1 aromatic rings. The summed E-state index contributed by atoms with van der Waals surface area (Å²) in [6.45, 7) is 2.52. The molecule has 5 nitrogen and oxygen atoms in total. The van der Waals surface area contributed by atoms with Gasteiger partial charge in [-0.05, 0) is 93.5 Å². The molecule has 4 aliphatic carbocycles. The number of nitrogens with zero attached hydrogens (tertiary/aromatic N) is 1. The summed E-state index contributed by atoms with van der Waals surface area (Å²) in [5.74, 6) is 2.85. The number of amides is 1. The topological polar surface area (TPSA) is 63.7 Å². The number of carbonyl (C=O) groups excluding carboxylic acids is 1. The van der Waals surface area contributed by atoms with E-state index >= 15 is 0 Å². The monoisotopic (exact) mass is 415 g/mol. The van der Waals surface area contributed by atoms with E-state index in [1.54, 1.807) is 11.0 Å². The third kappa shape index (κ3) is 3.39. The summed E-state index contributed by atoms with van der Waals surface area (Å²) in [5.41, 5.74) is 0.453. The van der Waals surface area contributed by atoms with Gasteiger partial charge in [0.05, 0.1) is 23.8 Å². The number of anilines is 1. The average Bonchev–Trinajstić information content (AvgIpc) is 3.02. The molecule has 6 heteroatoms. The summed E-state index contributed by atoms with van der Waals surface area (Å²) in [5, 5.41) is 1.27. The molecule has 1 amide bonds. The van der Waals surface area contributed by atoms with E-state index in [9.17, 15) is 13.2 Å². The first-order chi connectivity index (χ1) is 13.9. The van der Waals surface area contributed by atoms with Gasteiger partial charge in [0.1, 0.15) is 5.75 Å². The lowest BCUT2D eigenvalue weighted by Crippen LogP contribution is -2.57. The molecule has 0 N–H and O–H groups in total. The van der Waals surface area contributed by atoms with Gasteiger partial charge in [0, 0.05) is 11.1 Å². The summed E-state index contributed by atoms with van der Waals surface area (Å²) in [6, 6.07) is 7.08. The second-order valence-corrected chi connectivity index (χ2v) is 11.5. The SMILES string of the molecule is CCOc1ccc(N(C(=O)C23CC4CC(CC(C4)C2)C3)[C@@H]2C=CS(=O)(=O)C2)cc1. The molecule has 1 atom stereocenters. The maximum absolute atomic E-state index is 14.1. The predicted octanol–water partition coefficient (Wildman–Crippen LogP) is 3.95. The van der Waals surface area contributed by atoms with Crippen molar-refractivity contribution in [3.63, 3.8) is 0 Å². The third-order valence-electron chi connectivity index (χ3n) is 7.38. The van der Waals surface area contributed by atoms with Crippen LogP contribution in [-0.2, 0) is 14.6 Å². The van der Waals surface area contributed by atoms with E-state index in [1.165, 1.54) is 24.7 Å². The zero-order chi connectivity index (χ0) is 20.2. The molecular weight excluding hydrogens is 386 g/mol. The molecule has 1 aliphatic heterocycles. The van der Waals surface area contributed by atoms with Crippen LogP contribution in [0.4, 0.5) is 5.69 Å². The molecule has 6 rings (SSSR count). The molecule has 29 heavy (non-hydrogen) atoms. The maximum Gasteiger partial charge on any atom is 0.233 e. The fourth-order valence-electron chi connectivity index (χ4n) is 6.68. The lowest BCUT2D eigenvalue weighted by Gasteiger charge is -2.57. The van der Waals surface area contributed by atoms with Gasteiger partial charge in [0.25, 0.3) is 0 Å². The van der Waals surface area contributed by atoms with Gasteiger partial charge in [-0.2, -0.15) is 0 Å². The van der Waals surface area contributed by atoms with Crippen molar-refractivity contribution in [1.82, 2.24) is 0 Å². The van der Waals surface area contributed by atoms with Gasteiger partial charge in [-0.3, -0.25) is 4.79 Å². The molecule has 1 heterocycles. The van der Waals surface area contributed by atoms with Gasteiger partial charge >= 0.3 is 0 Å². The highest BCUT2D eigenvalue weighted by Gasteiger charge is 2.56. The number of hydrogen-bond donors (Lipinski definition) is 0. The number of hydrogen-bond acceptors (Lipinski definition) is 4. The molecule has 4 fully saturated rings. The highest BCUT2D eigenvalue weighted by atomic mass is 32.2. The first kappa shape index (κ1) is 19.2. The van der Waals surface area contributed by atoms with Crippen LogP contribution in [-0.4, -0.2) is 32.7 Å². The van der Waals surface area contributed by atoms with Crippen LogP contribution in [0.15, 0.2) is 35.7 Å². The van der Waals surface area contributed by atoms with E-state index in [0.717, 1.165) is 30.7 Å². The number of carbonyl (C=O) groups is 1. The van der Waals surface area contributed by atoms with Crippen molar-refractivity contribution in [1.29, 1.82) is 0 Å². The highest BCUT2D eigenvalue weighted by Crippen LogP contribution is 2.61. The Labute approximate surface area is 173 Å². The molecule has 1 aromatic carbocycles. The fourth-order valence-corrected chi connectivity index (χ4v) is 7.95. The Hall–Kier alpha value is -1.82. The molecule has 0 radical (unpaired) electrons. The Kier molecular flexibility index (Phi) is 4.53. The van der Waals surface area contributed by atoms with E-state index in [2.05, 4.69) is 0 Å². The van der Waals surface area contributed by atoms with E-state index in [1.807, 2.05) is 31.2 Å². The average molecular weight is 416 g/mol. The Bertz CT molecular complexity index is 899. The van der Waals surface area contributed by atoms with Crippen LogP contribution in [0.2, 0.25) is 0 Å². The summed E-state index contributed by atoms with van der Waals surface area (Å²) in [7, 11) is -3.25. The number of benzene rings is 1. The van der Waals surface area contributed by atoms with Gasteiger partial charge in [-0.1, -0.05) is 0 Å². The van der Waals surface area contributed by atoms with Crippen LogP contribution in [0, 0.1) is 23.2 Å². The van der Waals surface area contributed by atoms with E-state index < -0.39 is 15.9 Å². The second kappa shape index (κ2) is 6.86. The summed E-state index contributed by atoms with van der Waals surface area (Å²) in [4.78, 5) is 15.9. The van der Waals surface area contributed by atoms with E-state index in [0.29, 0.717) is 24.4 Å². The van der Waals surface area contributed by atoms with Gasteiger partial charge in [-0.25, -0.2) is 8.42 Å². The predicted molar refractivity (Wildman–Crippen MR) is 112 cm³/mol. The minimum atomic E-state index is -3.25. The molecule has 5 aliphatic rings. The van der Waals surface area contributed by atoms with E-state index in [-0.39, 0.29) is 17.1 Å². The molecule has 0 unspecified atom stereocenters. The first-order valence-corrected chi connectivity index (χ1v) is 12.6. The normalized spacial score (nSPS) is 36.3. The van der Waals surface area contributed by atoms with Crippen molar-refractivity contribution >= 4 is 21.4 Å². The molecule has 0 spiro atoms. The van der Waals surface area contributed by atoms with Crippen LogP contribution < -0.4 is 9.64 Å². The lowest BCUT2D eigenvalue weighted by atomic mass is 9.49. The highest BCUT2D eigenvalue weighted by molar-refractivity contribution is 7.94. The van der Waals surface area contributed by atoms with Crippen LogP contribution in [0.25, 0.3) is 0 Å². The molecule has 4 saturated carbocycles. The van der Waals surface area contributed by atoms with Crippen LogP contribution >= 0.6 is 0 Å². The summed E-state index contributed by atoms with van der Waals surface area (Å²) >= 11 is 0. The van der Waals surface area contributed by atoms with Gasteiger partial charge in [0.15, 0.2) is 9.84 Å². The smallest absolute Gasteiger partial charge is 0.233 e. The zero-order valence-electron chi connectivity index (χ0n) is 16.9. The van der Waals surface area contributed by atoms with Gasteiger partial charge in [0.2, 0.25) is 5.91 Å². The van der Waals surface area contributed by atoms with Gasteiger partial charge < -0.3 is 9.64 Å². The Morgan fingerprint density at radius 2 is 1.66 bits per heavy atom. The van der Waals surface area contributed by atoms with E-state index in [4.69, 9.17) is 4.74 Å². The third-order valence-corrected chi connectivity index (χ3v) is 8.76. The summed E-state index contributed by atoms with van der Waals surface area (Å²) in [6.07, 6.45) is 8.40. The quantitative estimate of drug-likeness (QED) is 0.731. The standard InChI is InChI=1S/C23H29NO4S/c1-2-28-21-5-3-19(4-6-21)24(20-7-8-29(26,27)15-20)22(25)23-12-16-9-17(13-23)11-18(10-16)14-23/h3-8,16-18,20H,2,9-15H2,1H3/t16?,17?,18?,20-,23?/m1/s1. The van der Waals surface area contributed by atoms with Crippen molar-refractivity contribution in [3.8, 4) is 5.75 Å². The zero-order valence-corrected chi connectivity index (χ0v) is 17.7. The molecule has 0 saturated heterocycles. The molecule has 156 valence electrons. The first-order valence-electron chi connectivity index (χ1n) is 10.8. The lowest BCUT2D eigenvalue weighted by molar-refractivity contribution is -0.143. The Balaban J connectivity index is 1.50. The van der Waals surface area contributed by atoms with Crippen LogP contribution in [0.3, 0.4) is 0 Å². The molecule has 0 aromatic heterocycles. The van der Waals surface area contributed by atoms with Crippen molar-refractivity contribution in [3.05, 3.63) is 35.7 Å². The van der Waals surface area contributed by atoms with Crippen molar-refractivity contribution < 1.29 is 17.9 Å². The number of ether oxygens (including phenoxy) is 1. The van der Waals surface area contributed by atoms with Crippen LogP contribution in [0.5, 0.6) is 5.75 Å². The second-order valence-electron chi connectivity index (χ2n) is 9.53. The number of sulfone groups is 1. The summed E-state index contributed by atoms with van der Waals surface area (Å²) < 4.78 is 29.8. The number of rotatable bonds is 5. The minimum Gasteiger partial charge on any atom is -0.494 e. The minimum absolute atomic E-state index is 0.0294. The van der Waals surface area contributed by atoms with Crippen molar-refractivity contribution in [2.45, 2.75) is 51.5 Å². The van der Waals surface area contributed by atoms with Crippen molar-refractivity contribution in [2.24, 2.45) is 23.2 Å². The maximum atomic E-state index is 14.1. The Morgan fingerprint density at radius 3 is 2.14 bits per heavy atom. The van der Waals surface area contributed by atoms with Crippen LogP contribution in [0.1, 0.15) is 45.4 Å².